The summed E-state index contributed by atoms with van der Waals surface area (Å²) in [4.78, 5) is 24.9. The van der Waals surface area contributed by atoms with E-state index in [1.165, 1.54) is 11.0 Å². The third kappa shape index (κ3) is 3.73. The number of nitro groups is 1. The van der Waals surface area contributed by atoms with E-state index in [0.29, 0.717) is 16.8 Å². The largest absolute Gasteiger partial charge is 0.339 e. The second kappa shape index (κ2) is 7.78. The molecule has 0 bridgehead atoms. The van der Waals surface area contributed by atoms with E-state index in [1.54, 1.807) is 37.4 Å². The van der Waals surface area contributed by atoms with Gasteiger partial charge in [-0.25, -0.2) is 4.39 Å². The van der Waals surface area contributed by atoms with Crippen molar-refractivity contribution in [2.24, 2.45) is 0 Å². The monoisotopic (exact) mass is 398 g/mol. The van der Waals surface area contributed by atoms with Crippen LogP contribution in [0.25, 0.3) is 0 Å². The van der Waals surface area contributed by atoms with Gasteiger partial charge in [0, 0.05) is 23.9 Å². The lowest BCUT2D eigenvalue weighted by atomic mass is 9.99. The number of anilines is 2. The van der Waals surface area contributed by atoms with Gasteiger partial charge in [-0.05, 0) is 42.8 Å². The number of benzene rings is 3. The molecule has 0 aliphatic heterocycles. The molecule has 28 heavy (non-hydrogen) atoms. The van der Waals surface area contributed by atoms with Gasteiger partial charge in [-0.3, -0.25) is 14.9 Å². The molecule has 0 aromatic heterocycles. The van der Waals surface area contributed by atoms with Gasteiger partial charge in [0.1, 0.15) is 11.5 Å². The minimum atomic E-state index is -0.693. The zero-order chi connectivity index (χ0) is 20.4. The molecule has 0 radical (unpaired) electrons. The van der Waals surface area contributed by atoms with Crippen LogP contribution in [-0.2, 0) is 0 Å². The van der Waals surface area contributed by atoms with E-state index >= 15 is 0 Å². The lowest BCUT2D eigenvalue weighted by Gasteiger charge is -2.20. The summed E-state index contributed by atoms with van der Waals surface area (Å²) >= 11 is 6.34. The molecule has 5 nitrogen and oxygen atoms in total. The van der Waals surface area contributed by atoms with Crippen molar-refractivity contribution >= 4 is 34.4 Å². The molecule has 142 valence electrons. The van der Waals surface area contributed by atoms with Crippen molar-refractivity contribution in [3.63, 3.8) is 0 Å². The van der Waals surface area contributed by atoms with E-state index < -0.39 is 10.7 Å². The summed E-state index contributed by atoms with van der Waals surface area (Å²) < 4.78 is 13.4. The maximum Gasteiger partial charge on any atom is 0.295 e. The van der Waals surface area contributed by atoms with Crippen molar-refractivity contribution in [2.75, 3.05) is 11.9 Å². The van der Waals surface area contributed by atoms with Gasteiger partial charge in [-0.1, -0.05) is 35.9 Å². The van der Waals surface area contributed by atoms with Crippen LogP contribution in [-0.4, -0.2) is 17.8 Å². The van der Waals surface area contributed by atoms with Crippen LogP contribution in [0.4, 0.5) is 21.5 Å². The number of rotatable bonds is 5. The van der Waals surface area contributed by atoms with Gasteiger partial charge in [0.15, 0.2) is 5.78 Å². The Morgan fingerprint density at radius 1 is 1.07 bits per heavy atom. The fourth-order valence-electron chi connectivity index (χ4n) is 2.94. The summed E-state index contributed by atoms with van der Waals surface area (Å²) in [6, 6.07) is 15.3. The van der Waals surface area contributed by atoms with Gasteiger partial charge in [-0.2, -0.15) is 0 Å². The highest BCUT2D eigenvalue weighted by Crippen LogP contribution is 2.35. The zero-order valence-electron chi connectivity index (χ0n) is 15.1. The normalized spacial score (nSPS) is 10.6. The minimum Gasteiger partial charge on any atom is -0.339 e. The number of carbonyl (C=O) groups is 1. The Hall–Kier alpha value is -3.25. The molecule has 0 atom stereocenters. The number of halogens is 2. The van der Waals surface area contributed by atoms with E-state index in [2.05, 4.69) is 0 Å². The molecule has 3 rings (SSSR count). The van der Waals surface area contributed by atoms with E-state index in [1.807, 2.05) is 19.1 Å². The van der Waals surface area contributed by atoms with Crippen LogP contribution in [0, 0.1) is 22.9 Å². The quantitative estimate of drug-likeness (QED) is 0.314. The van der Waals surface area contributed by atoms with Crippen molar-refractivity contribution < 1.29 is 14.1 Å². The van der Waals surface area contributed by atoms with Gasteiger partial charge in [0.05, 0.1) is 16.0 Å². The highest BCUT2D eigenvalue weighted by molar-refractivity contribution is 6.35. The Bertz CT molecular complexity index is 1080. The smallest absolute Gasteiger partial charge is 0.295 e. The van der Waals surface area contributed by atoms with Crippen LogP contribution < -0.4 is 4.90 Å². The third-order valence-electron chi connectivity index (χ3n) is 4.47. The number of aryl methyl sites for hydroxylation is 1. The average Bonchev–Trinajstić information content (AvgIpc) is 2.67. The summed E-state index contributed by atoms with van der Waals surface area (Å²) in [6.45, 7) is 1.84. The van der Waals surface area contributed by atoms with Crippen molar-refractivity contribution in [1.82, 2.24) is 0 Å². The lowest BCUT2D eigenvalue weighted by molar-refractivity contribution is -0.384. The molecule has 7 heteroatoms. The number of carbonyl (C=O) groups excluding carboxylic acids is 1. The number of nitro benzene ring substituents is 1. The predicted molar refractivity (Wildman–Crippen MR) is 107 cm³/mol. The molecule has 3 aromatic carbocycles. The summed E-state index contributed by atoms with van der Waals surface area (Å²) in [5, 5.41) is 11.5. The highest BCUT2D eigenvalue weighted by atomic mass is 35.5. The fraction of sp³-hybridized carbons (Fsp3) is 0.0952. The van der Waals surface area contributed by atoms with Crippen molar-refractivity contribution in [2.45, 2.75) is 6.92 Å². The van der Waals surface area contributed by atoms with Crippen LogP contribution >= 0.6 is 11.6 Å². The van der Waals surface area contributed by atoms with E-state index in [9.17, 15) is 19.3 Å². The molecule has 3 aromatic rings. The lowest BCUT2D eigenvalue weighted by Crippen LogP contribution is -2.12. The standard InChI is InChI=1S/C21H16ClFN2O3/c1-13-5-3-4-6-16(13)21(26)17-9-8-15(12-18(17)22)24(2)19-10-7-14(23)11-20(19)25(27)28/h3-12H,1-2H3. The third-order valence-corrected chi connectivity index (χ3v) is 4.78. The maximum absolute atomic E-state index is 13.4. The molecule has 0 unspecified atom stereocenters. The summed E-state index contributed by atoms with van der Waals surface area (Å²) in [5.74, 6) is -0.897. The maximum atomic E-state index is 13.4. The first-order chi connectivity index (χ1) is 13.3. The molecule has 0 saturated carbocycles. The molecular weight excluding hydrogens is 383 g/mol. The highest BCUT2D eigenvalue weighted by Gasteiger charge is 2.21. The topological polar surface area (TPSA) is 63.5 Å². The minimum absolute atomic E-state index is 0.204. The molecule has 0 fully saturated rings. The first kappa shape index (κ1) is 19.5. The van der Waals surface area contributed by atoms with Crippen LogP contribution in [0.5, 0.6) is 0 Å². The Labute approximate surface area is 166 Å². The Kier molecular flexibility index (Phi) is 5.42. The van der Waals surface area contributed by atoms with Crippen LogP contribution in [0.3, 0.4) is 0 Å². The Balaban J connectivity index is 1.98. The number of hydrogen-bond acceptors (Lipinski definition) is 4. The van der Waals surface area contributed by atoms with E-state index in [0.717, 1.165) is 17.7 Å². The summed E-state index contributed by atoms with van der Waals surface area (Å²) in [7, 11) is 1.61. The van der Waals surface area contributed by atoms with Crippen molar-refractivity contribution in [3.8, 4) is 0 Å². The van der Waals surface area contributed by atoms with Gasteiger partial charge < -0.3 is 4.90 Å². The van der Waals surface area contributed by atoms with Crippen LogP contribution in [0.1, 0.15) is 21.5 Å². The second-order valence-electron chi connectivity index (χ2n) is 6.26. The van der Waals surface area contributed by atoms with Gasteiger partial charge in [-0.15, -0.1) is 0 Å². The molecule has 0 aliphatic rings. The van der Waals surface area contributed by atoms with Gasteiger partial charge in [0.2, 0.25) is 0 Å². The Morgan fingerprint density at radius 3 is 2.43 bits per heavy atom. The average molecular weight is 399 g/mol. The molecule has 0 amide bonds. The van der Waals surface area contributed by atoms with Crippen LogP contribution in [0.15, 0.2) is 60.7 Å². The zero-order valence-corrected chi connectivity index (χ0v) is 15.9. The summed E-state index contributed by atoms with van der Waals surface area (Å²) in [5.41, 5.74) is 2.10. The number of nitrogens with zero attached hydrogens (tertiary/aromatic N) is 2. The number of ketones is 1. The van der Waals surface area contributed by atoms with Gasteiger partial charge in [0.25, 0.3) is 5.69 Å². The molecule has 0 N–H and O–H groups in total. The second-order valence-corrected chi connectivity index (χ2v) is 6.66. The fourth-order valence-corrected chi connectivity index (χ4v) is 3.20. The molecule has 0 aliphatic carbocycles. The van der Waals surface area contributed by atoms with E-state index in [4.69, 9.17) is 11.6 Å². The van der Waals surface area contributed by atoms with Gasteiger partial charge >= 0.3 is 0 Å². The molecular formula is C21H16ClFN2O3. The van der Waals surface area contributed by atoms with Crippen molar-refractivity contribution in [1.29, 1.82) is 0 Å². The number of hydrogen-bond donors (Lipinski definition) is 0. The Morgan fingerprint density at radius 2 is 1.79 bits per heavy atom. The van der Waals surface area contributed by atoms with E-state index in [-0.39, 0.29) is 22.2 Å². The van der Waals surface area contributed by atoms with Crippen molar-refractivity contribution in [3.05, 3.63) is 98.3 Å². The molecule has 0 saturated heterocycles. The predicted octanol–water partition coefficient (Wildman–Crippen LogP) is 5.69. The SMILES string of the molecule is Cc1ccccc1C(=O)c1ccc(N(C)c2ccc(F)cc2[N+](=O)[O-])cc1Cl. The first-order valence-electron chi connectivity index (χ1n) is 8.37. The molecule has 0 spiro atoms. The van der Waals surface area contributed by atoms with Crippen LogP contribution in [0.2, 0.25) is 5.02 Å². The first-order valence-corrected chi connectivity index (χ1v) is 8.75. The summed E-state index contributed by atoms with van der Waals surface area (Å²) in [6.07, 6.45) is 0. The molecule has 0 heterocycles.